The van der Waals surface area contributed by atoms with Gasteiger partial charge in [0, 0.05) is 18.3 Å². The lowest BCUT2D eigenvalue weighted by Crippen LogP contribution is -2.28. The van der Waals surface area contributed by atoms with Crippen molar-refractivity contribution in [3.8, 4) is 6.07 Å². The lowest BCUT2D eigenvalue weighted by atomic mass is 9.95. The summed E-state index contributed by atoms with van der Waals surface area (Å²) in [5.74, 6) is -0.896. The van der Waals surface area contributed by atoms with Gasteiger partial charge >= 0.3 is 6.18 Å². The molecule has 1 atom stereocenters. The molecule has 11 heteroatoms. The normalized spacial score (nSPS) is 17.0. The van der Waals surface area contributed by atoms with Crippen molar-refractivity contribution < 1.29 is 30.7 Å². The zero-order valence-electron chi connectivity index (χ0n) is 14.3. The third kappa shape index (κ3) is 4.45. The monoisotopic (exact) mass is 417 g/mol. The van der Waals surface area contributed by atoms with E-state index < -0.39 is 34.7 Å². The van der Waals surface area contributed by atoms with Crippen LogP contribution in [0.25, 0.3) is 0 Å². The Kier molecular flexibility index (Phi) is 5.36. The molecule has 0 radical (unpaired) electrons. The fourth-order valence-electron chi connectivity index (χ4n) is 3.03. The number of benzene rings is 1. The maximum absolute atomic E-state index is 14.0. The number of nitriles is 1. The molecule has 2 N–H and O–H groups in total. The molecule has 0 aliphatic heterocycles. The largest absolute Gasteiger partial charge is 0.411 e. The number of anilines is 1. The molecule has 150 valence electrons. The number of sulfonamides is 1. The molecular formula is C17H15F4N3O3S. The molecule has 1 unspecified atom stereocenters. The topological polar surface area (TPSA) is 95.0 Å². The summed E-state index contributed by atoms with van der Waals surface area (Å²) < 4.78 is 83.1. The van der Waals surface area contributed by atoms with Crippen LogP contribution >= 0.6 is 0 Å². The first-order valence-electron chi connectivity index (χ1n) is 8.19. The van der Waals surface area contributed by atoms with Crippen molar-refractivity contribution in [2.45, 2.75) is 36.4 Å². The Labute approximate surface area is 158 Å². The smallest absolute Gasteiger partial charge is 0.368 e. The van der Waals surface area contributed by atoms with Crippen molar-refractivity contribution in [3.05, 3.63) is 47.0 Å². The highest BCUT2D eigenvalue weighted by molar-refractivity contribution is 7.92. The number of hydrogen-bond acceptors (Lipinski definition) is 4. The van der Waals surface area contributed by atoms with E-state index in [1.165, 1.54) is 12.3 Å². The average molecular weight is 417 g/mol. The molecular weight excluding hydrogens is 402 g/mol. The van der Waals surface area contributed by atoms with Crippen molar-refractivity contribution in [2.75, 3.05) is 11.3 Å². The van der Waals surface area contributed by atoms with Gasteiger partial charge in [0.1, 0.15) is 17.3 Å². The summed E-state index contributed by atoms with van der Waals surface area (Å²) in [4.78, 5) is 2.66. The lowest BCUT2D eigenvalue weighted by Gasteiger charge is -2.23. The fraction of sp³-hybridized carbons (Fsp3) is 0.353. The Morgan fingerprint density at radius 1 is 1.36 bits per heavy atom. The van der Waals surface area contributed by atoms with E-state index in [2.05, 4.69) is 9.71 Å². The molecule has 28 heavy (non-hydrogen) atoms. The Balaban J connectivity index is 1.77. The van der Waals surface area contributed by atoms with Gasteiger partial charge in [-0.2, -0.15) is 18.4 Å². The standard InChI is InChI=1S/C17H15F4N3O3S/c18-13-5-10(7-22)1-4-14(13)24-28(25,26)16-8-23-15-6-11(2-3-12(15)16)27-9-17(19,20)21/h1,4-5,8,11,23-24H,2-3,6,9H2. The molecule has 1 aliphatic carbocycles. The van der Waals surface area contributed by atoms with Crippen LogP contribution in [0.3, 0.4) is 0 Å². The van der Waals surface area contributed by atoms with Gasteiger partial charge in [0.2, 0.25) is 0 Å². The third-order valence-electron chi connectivity index (χ3n) is 4.30. The van der Waals surface area contributed by atoms with E-state index in [-0.39, 0.29) is 35.4 Å². The van der Waals surface area contributed by atoms with Gasteiger partial charge in [-0.1, -0.05) is 0 Å². The summed E-state index contributed by atoms with van der Waals surface area (Å²) in [6, 6.07) is 5.07. The van der Waals surface area contributed by atoms with Crippen molar-refractivity contribution in [3.63, 3.8) is 0 Å². The van der Waals surface area contributed by atoms with E-state index in [9.17, 15) is 26.0 Å². The second-order valence-corrected chi connectivity index (χ2v) is 7.96. The molecule has 1 aromatic carbocycles. The summed E-state index contributed by atoms with van der Waals surface area (Å²) in [6.07, 6.45) is -3.33. The van der Waals surface area contributed by atoms with Gasteiger partial charge in [0.15, 0.2) is 0 Å². The van der Waals surface area contributed by atoms with E-state index in [1.54, 1.807) is 6.07 Å². The minimum atomic E-state index is -4.43. The molecule has 0 amide bonds. The van der Waals surface area contributed by atoms with Gasteiger partial charge in [-0.05, 0) is 36.6 Å². The highest BCUT2D eigenvalue weighted by Gasteiger charge is 2.33. The number of fused-ring (bicyclic) bond motifs is 1. The van der Waals surface area contributed by atoms with Crippen LogP contribution in [0.4, 0.5) is 23.2 Å². The molecule has 6 nitrogen and oxygen atoms in total. The highest BCUT2D eigenvalue weighted by atomic mass is 32.2. The summed E-state index contributed by atoms with van der Waals surface area (Å²) in [7, 11) is -4.13. The van der Waals surface area contributed by atoms with Crippen LogP contribution in [-0.4, -0.2) is 32.3 Å². The van der Waals surface area contributed by atoms with Crippen LogP contribution in [0.15, 0.2) is 29.3 Å². The molecule has 0 bridgehead atoms. The molecule has 0 saturated heterocycles. The van der Waals surface area contributed by atoms with E-state index in [4.69, 9.17) is 10.00 Å². The fourth-order valence-corrected chi connectivity index (χ4v) is 4.36. The van der Waals surface area contributed by atoms with Gasteiger partial charge in [-0.15, -0.1) is 0 Å². The number of halogens is 4. The Bertz CT molecular complexity index is 1030. The van der Waals surface area contributed by atoms with E-state index >= 15 is 0 Å². The van der Waals surface area contributed by atoms with Crippen molar-refractivity contribution in [2.24, 2.45) is 0 Å². The molecule has 1 aliphatic rings. The van der Waals surface area contributed by atoms with E-state index in [1.807, 2.05) is 0 Å². The Hall–Kier alpha value is -2.58. The van der Waals surface area contributed by atoms with Crippen LogP contribution in [0.5, 0.6) is 0 Å². The molecule has 0 saturated carbocycles. The van der Waals surface area contributed by atoms with Crippen molar-refractivity contribution in [1.29, 1.82) is 5.26 Å². The number of H-pyrrole nitrogens is 1. The van der Waals surface area contributed by atoms with Gasteiger partial charge in [-0.3, -0.25) is 4.72 Å². The number of hydrogen-bond donors (Lipinski definition) is 2. The quantitative estimate of drug-likeness (QED) is 0.730. The summed E-state index contributed by atoms with van der Waals surface area (Å²) in [6.45, 7) is -1.36. The highest BCUT2D eigenvalue weighted by Crippen LogP contribution is 2.31. The summed E-state index contributed by atoms with van der Waals surface area (Å²) >= 11 is 0. The maximum Gasteiger partial charge on any atom is 0.411 e. The molecule has 0 spiro atoms. The molecule has 3 rings (SSSR count). The van der Waals surface area contributed by atoms with E-state index in [0.717, 1.165) is 12.1 Å². The van der Waals surface area contributed by atoms with Crippen molar-refractivity contribution >= 4 is 15.7 Å². The average Bonchev–Trinajstić information content (AvgIpc) is 3.05. The van der Waals surface area contributed by atoms with Gasteiger partial charge < -0.3 is 9.72 Å². The number of ether oxygens (including phenoxy) is 1. The Morgan fingerprint density at radius 3 is 2.75 bits per heavy atom. The SMILES string of the molecule is N#Cc1ccc(NS(=O)(=O)c2c[nH]c3c2CCC(OCC(F)(F)F)C3)c(F)c1. The van der Waals surface area contributed by atoms with Crippen LogP contribution in [0, 0.1) is 17.1 Å². The number of aromatic nitrogens is 1. The van der Waals surface area contributed by atoms with Crippen LogP contribution < -0.4 is 4.72 Å². The van der Waals surface area contributed by atoms with Gasteiger partial charge in [-0.25, -0.2) is 12.8 Å². The lowest BCUT2D eigenvalue weighted by molar-refractivity contribution is -0.186. The minimum Gasteiger partial charge on any atom is -0.368 e. The zero-order valence-corrected chi connectivity index (χ0v) is 15.1. The first-order chi connectivity index (χ1) is 13.1. The van der Waals surface area contributed by atoms with Gasteiger partial charge in [0.05, 0.1) is 23.4 Å². The molecule has 1 aromatic heterocycles. The number of rotatable bonds is 5. The third-order valence-corrected chi connectivity index (χ3v) is 5.73. The second-order valence-electron chi connectivity index (χ2n) is 6.31. The number of nitrogens with one attached hydrogen (secondary N) is 2. The predicted molar refractivity (Wildman–Crippen MR) is 90.5 cm³/mol. The Morgan fingerprint density at radius 2 is 2.11 bits per heavy atom. The number of nitrogens with zero attached hydrogens (tertiary/aromatic N) is 1. The first kappa shape index (κ1) is 20.2. The summed E-state index contributed by atoms with van der Waals surface area (Å²) in [5, 5.41) is 8.74. The van der Waals surface area contributed by atoms with Crippen LogP contribution in [-0.2, 0) is 27.6 Å². The molecule has 0 fully saturated rings. The van der Waals surface area contributed by atoms with Crippen LogP contribution in [0.1, 0.15) is 23.2 Å². The van der Waals surface area contributed by atoms with Crippen molar-refractivity contribution in [1.82, 2.24) is 4.98 Å². The molecule has 2 aromatic rings. The van der Waals surface area contributed by atoms with E-state index in [0.29, 0.717) is 11.3 Å². The minimum absolute atomic E-state index is 0.0457. The second kappa shape index (κ2) is 7.44. The molecule has 1 heterocycles. The predicted octanol–water partition coefficient (Wildman–Crippen LogP) is 3.26. The summed E-state index contributed by atoms with van der Waals surface area (Å²) in [5.41, 5.74) is 0.646. The zero-order chi connectivity index (χ0) is 20.5. The first-order valence-corrected chi connectivity index (χ1v) is 9.67. The maximum atomic E-state index is 14.0. The van der Waals surface area contributed by atoms with Crippen LogP contribution in [0.2, 0.25) is 0 Å². The number of alkyl halides is 3. The number of aromatic amines is 1. The van der Waals surface area contributed by atoms with Gasteiger partial charge in [0.25, 0.3) is 10.0 Å².